The molecule has 20 heavy (non-hydrogen) atoms. The van der Waals surface area contributed by atoms with Crippen LogP contribution in [0.4, 0.5) is 4.39 Å². The highest BCUT2D eigenvalue weighted by Gasteiger charge is 2.13. The van der Waals surface area contributed by atoms with E-state index >= 15 is 0 Å². The molecule has 0 aliphatic heterocycles. The van der Waals surface area contributed by atoms with Crippen LogP contribution < -0.4 is 5.73 Å². The molecule has 1 nitrogen and oxygen atoms in total. The summed E-state index contributed by atoms with van der Waals surface area (Å²) in [5.41, 5.74) is 7.57. The van der Waals surface area contributed by atoms with Crippen molar-refractivity contribution in [3.63, 3.8) is 0 Å². The third-order valence-corrected chi connectivity index (χ3v) is 4.18. The zero-order valence-electron chi connectivity index (χ0n) is 11.0. The number of halogens is 3. The number of benzene rings is 2. The summed E-state index contributed by atoms with van der Waals surface area (Å²) in [6.45, 7) is 0.497. The van der Waals surface area contributed by atoms with E-state index in [0.717, 1.165) is 21.5 Å². The molecule has 2 aromatic rings. The van der Waals surface area contributed by atoms with Crippen LogP contribution in [-0.2, 0) is 12.8 Å². The molecule has 0 bridgehead atoms. The van der Waals surface area contributed by atoms with Crippen molar-refractivity contribution in [2.24, 2.45) is 11.7 Å². The summed E-state index contributed by atoms with van der Waals surface area (Å²) in [6, 6.07) is 12.7. The van der Waals surface area contributed by atoms with Crippen LogP contribution in [-0.4, -0.2) is 6.54 Å². The first-order valence-corrected chi connectivity index (χ1v) is 7.64. The maximum absolute atomic E-state index is 13.8. The molecule has 1 unspecified atom stereocenters. The molecule has 0 saturated heterocycles. The van der Waals surface area contributed by atoms with Crippen molar-refractivity contribution in [2.45, 2.75) is 12.8 Å². The molecular weight excluding hydrogens is 341 g/mol. The third kappa shape index (κ3) is 4.05. The van der Waals surface area contributed by atoms with E-state index in [1.807, 2.05) is 30.3 Å². The molecule has 1 atom stereocenters. The van der Waals surface area contributed by atoms with Crippen molar-refractivity contribution in [3.8, 4) is 0 Å². The fourth-order valence-corrected chi connectivity index (χ4v) is 2.85. The van der Waals surface area contributed by atoms with Crippen LogP contribution in [0, 0.1) is 11.7 Å². The summed E-state index contributed by atoms with van der Waals surface area (Å²) >= 11 is 9.53. The molecule has 0 aliphatic carbocycles. The van der Waals surface area contributed by atoms with Crippen LogP contribution in [0.2, 0.25) is 5.02 Å². The fraction of sp³-hybridized carbons (Fsp3) is 0.250. The van der Waals surface area contributed by atoms with Gasteiger partial charge in [0.1, 0.15) is 5.82 Å². The molecule has 0 amide bonds. The molecular formula is C16H16BrClFN. The van der Waals surface area contributed by atoms with Gasteiger partial charge in [0, 0.05) is 9.50 Å². The van der Waals surface area contributed by atoms with Crippen LogP contribution in [0.15, 0.2) is 46.9 Å². The van der Waals surface area contributed by atoms with Crippen LogP contribution in [0.3, 0.4) is 0 Å². The number of nitrogens with two attached hydrogens (primary N) is 1. The minimum absolute atomic E-state index is 0.165. The molecule has 4 heteroatoms. The van der Waals surface area contributed by atoms with Crippen molar-refractivity contribution in [2.75, 3.05) is 6.54 Å². The first-order chi connectivity index (χ1) is 9.60. The molecule has 0 heterocycles. The van der Waals surface area contributed by atoms with Gasteiger partial charge in [-0.3, -0.25) is 0 Å². The summed E-state index contributed by atoms with van der Waals surface area (Å²) in [5, 5.41) is 0.737. The predicted octanol–water partition coefficient (Wildman–Crippen LogP) is 4.60. The minimum atomic E-state index is -0.189. The second kappa shape index (κ2) is 7.21. The lowest BCUT2D eigenvalue weighted by atomic mass is 9.92. The largest absolute Gasteiger partial charge is 0.330 e. The maximum atomic E-state index is 13.8. The van der Waals surface area contributed by atoms with Crippen LogP contribution in [0.5, 0.6) is 0 Å². The van der Waals surface area contributed by atoms with Crippen molar-refractivity contribution in [3.05, 3.63) is 68.9 Å². The lowest BCUT2D eigenvalue weighted by Crippen LogP contribution is -2.20. The van der Waals surface area contributed by atoms with Crippen LogP contribution >= 0.6 is 27.5 Å². The number of hydrogen-bond acceptors (Lipinski definition) is 1. The zero-order valence-corrected chi connectivity index (χ0v) is 13.3. The monoisotopic (exact) mass is 355 g/mol. The van der Waals surface area contributed by atoms with E-state index in [0.29, 0.717) is 18.5 Å². The summed E-state index contributed by atoms with van der Waals surface area (Å²) in [7, 11) is 0. The molecule has 0 spiro atoms. The van der Waals surface area contributed by atoms with Gasteiger partial charge in [-0.1, -0.05) is 45.7 Å². The van der Waals surface area contributed by atoms with Gasteiger partial charge in [-0.25, -0.2) is 4.39 Å². The van der Waals surface area contributed by atoms with Gasteiger partial charge in [0.2, 0.25) is 0 Å². The van der Waals surface area contributed by atoms with Gasteiger partial charge in [-0.2, -0.15) is 0 Å². The van der Waals surface area contributed by atoms with E-state index in [9.17, 15) is 4.39 Å². The average Bonchev–Trinajstić information content (AvgIpc) is 2.44. The Labute approximate surface area is 132 Å². The van der Waals surface area contributed by atoms with E-state index in [2.05, 4.69) is 15.9 Å². The Kier molecular flexibility index (Phi) is 5.58. The van der Waals surface area contributed by atoms with E-state index in [1.165, 1.54) is 6.07 Å². The van der Waals surface area contributed by atoms with Gasteiger partial charge in [0.15, 0.2) is 0 Å². The van der Waals surface area contributed by atoms with Crippen molar-refractivity contribution >= 4 is 27.5 Å². The van der Waals surface area contributed by atoms with Gasteiger partial charge in [-0.05, 0) is 60.7 Å². The second-order valence-corrected chi connectivity index (χ2v) is 6.16. The van der Waals surface area contributed by atoms with Gasteiger partial charge in [-0.15, -0.1) is 0 Å². The highest BCUT2D eigenvalue weighted by Crippen LogP contribution is 2.23. The van der Waals surface area contributed by atoms with E-state index in [-0.39, 0.29) is 11.7 Å². The Balaban J connectivity index is 2.13. The lowest BCUT2D eigenvalue weighted by Gasteiger charge is -2.16. The molecule has 0 aliphatic rings. The van der Waals surface area contributed by atoms with Crippen molar-refractivity contribution in [1.29, 1.82) is 0 Å². The van der Waals surface area contributed by atoms with Crippen molar-refractivity contribution in [1.82, 2.24) is 0 Å². The Morgan fingerprint density at radius 3 is 2.50 bits per heavy atom. The summed E-state index contributed by atoms with van der Waals surface area (Å²) < 4.78 is 14.7. The number of hydrogen-bond donors (Lipinski definition) is 1. The standard InChI is InChI=1S/C16H16BrClFN/c17-14-5-6-16(19)13(9-14)8-11(10-20)7-12-3-1-2-4-15(12)18/h1-6,9,11H,7-8,10,20H2. The Hall–Kier alpha value is -0.900. The normalized spacial score (nSPS) is 12.4. The lowest BCUT2D eigenvalue weighted by molar-refractivity contribution is 0.512. The molecule has 0 radical (unpaired) electrons. The first-order valence-electron chi connectivity index (χ1n) is 6.47. The summed E-state index contributed by atoms with van der Waals surface area (Å²) in [6.07, 6.45) is 1.36. The quantitative estimate of drug-likeness (QED) is 0.832. The van der Waals surface area contributed by atoms with Gasteiger partial charge in [0.05, 0.1) is 0 Å². The van der Waals surface area contributed by atoms with Crippen LogP contribution in [0.25, 0.3) is 0 Å². The smallest absolute Gasteiger partial charge is 0.126 e. The Bertz CT molecular complexity index is 588. The first kappa shape index (κ1) is 15.5. The van der Waals surface area contributed by atoms with E-state index in [1.54, 1.807) is 6.07 Å². The van der Waals surface area contributed by atoms with Gasteiger partial charge in [0.25, 0.3) is 0 Å². The molecule has 0 fully saturated rings. The molecule has 0 saturated carbocycles. The molecule has 2 N–H and O–H groups in total. The second-order valence-electron chi connectivity index (χ2n) is 4.84. The Morgan fingerprint density at radius 1 is 1.10 bits per heavy atom. The summed E-state index contributed by atoms with van der Waals surface area (Å²) in [5.74, 6) is -0.0236. The number of rotatable bonds is 5. The average molecular weight is 357 g/mol. The maximum Gasteiger partial charge on any atom is 0.126 e. The highest BCUT2D eigenvalue weighted by atomic mass is 79.9. The minimum Gasteiger partial charge on any atom is -0.330 e. The molecule has 106 valence electrons. The fourth-order valence-electron chi connectivity index (χ4n) is 2.22. The zero-order chi connectivity index (χ0) is 14.5. The van der Waals surface area contributed by atoms with Gasteiger partial charge >= 0.3 is 0 Å². The molecule has 2 aromatic carbocycles. The summed E-state index contributed by atoms with van der Waals surface area (Å²) in [4.78, 5) is 0. The highest BCUT2D eigenvalue weighted by molar-refractivity contribution is 9.10. The topological polar surface area (TPSA) is 26.0 Å². The Morgan fingerprint density at radius 2 is 1.80 bits per heavy atom. The van der Waals surface area contributed by atoms with Gasteiger partial charge < -0.3 is 5.73 Å². The SMILES string of the molecule is NCC(Cc1cc(Br)ccc1F)Cc1ccccc1Cl. The van der Waals surface area contributed by atoms with E-state index in [4.69, 9.17) is 17.3 Å². The predicted molar refractivity (Wildman–Crippen MR) is 85.5 cm³/mol. The van der Waals surface area contributed by atoms with Crippen molar-refractivity contribution < 1.29 is 4.39 Å². The van der Waals surface area contributed by atoms with Crippen LogP contribution in [0.1, 0.15) is 11.1 Å². The van der Waals surface area contributed by atoms with E-state index < -0.39 is 0 Å². The molecule has 0 aromatic heterocycles. The third-order valence-electron chi connectivity index (χ3n) is 3.32. The molecule has 2 rings (SSSR count).